The number of carbonyl (C=O) groups is 3. The predicted molar refractivity (Wildman–Crippen MR) is 147 cm³/mol. The Balaban J connectivity index is 1.20. The minimum Gasteiger partial charge on any atom is -0.465 e. The van der Waals surface area contributed by atoms with Crippen LogP contribution in [0.1, 0.15) is 26.4 Å². The van der Waals surface area contributed by atoms with Crippen molar-refractivity contribution in [3.63, 3.8) is 0 Å². The van der Waals surface area contributed by atoms with Gasteiger partial charge in [0.2, 0.25) is 5.88 Å². The van der Waals surface area contributed by atoms with Gasteiger partial charge < -0.3 is 29.5 Å². The predicted octanol–water partition coefficient (Wildman–Crippen LogP) is 5.25. The zero-order chi connectivity index (χ0) is 30.9. The van der Waals surface area contributed by atoms with Crippen molar-refractivity contribution in [3.05, 3.63) is 83.4 Å². The Hall–Kier alpha value is -5.14. The van der Waals surface area contributed by atoms with Gasteiger partial charge in [-0.2, -0.15) is 13.2 Å². The number of carboxylic acid groups (broad SMARTS) is 1. The molecule has 1 fully saturated rings. The van der Waals surface area contributed by atoms with Gasteiger partial charge in [-0.15, -0.1) is 0 Å². The summed E-state index contributed by atoms with van der Waals surface area (Å²) in [5.74, 6) is -1.51. The smallest absolute Gasteiger partial charge is 0.416 e. The second kappa shape index (κ2) is 11.6. The van der Waals surface area contributed by atoms with Crippen LogP contribution in [-0.4, -0.2) is 75.0 Å². The molecule has 0 saturated carbocycles. The number of piperazine rings is 1. The molecule has 3 heterocycles. The highest BCUT2D eigenvalue weighted by Crippen LogP contribution is 2.31. The van der Waals surface area contributed by atoms with Gasteiger partial charge in [-0.3, -0.25) is 9.59 Å². The standard InChI is InChI=1S/C29H25F4N5O5/c1-36-23-14-20(5-2-17(23)12-24(36)27(40)37-8-10-38(11-9-37)28(41)42)43-26-7-4-19(15-35-26)34-16-25(39)21-6-3-18(13-22(21)30)29(31,32)33/h2-7,12-15,34H,8-11,16H2,1H3,(H,41,42). The lowest BCUT2D eigenvalue weighted by molar-refractivity contribution is -0.137. The second-order valence-electron chi connectivity index (χ2n) is 9.83. The zero-order valence-corrected chi connectivity index (χ0v) is 22.7. The molecule has 2 aromatic carbocycles. The average molecular weight is 600 g/mol. The molecule has 0 radical (unpaired) electrons. The van der Waals surface area contributed by atoms with Crippen molar-refractivity contribution in [1.82, 2.24) is 19.4 Å². The third kappa shape index (κ3) is 6.37. The van der Waals surface area contributed by atoms with Crippen LogP contribution in [0.3, 0.4) is 0 Å². The molecule has 1 saturated heterocycles. The Bertz CT molecular complexity index is 1700. The van der Waals surface area contributed by atoms with Crippen LogP contribution < -0.4 is 10.1 Å². The van der Waals surface area contributed by atoms with Crippen LogP contribution in [0.25, 0.3) is 10.9 Å². The molecule has 224 valence electrons. The van der Waals surface area contributed by atoms with Gasteiger partial charge in [0.1, 0.15) is 17.3 Å². The molecule has 1 aliphatic rings. The molecule has 43 heavy (non-hydrogen) atoms. The molecular formula is C29H25F4N5O5. The highest BCUT2D eigenvalue weighted by atomic mass is 19.4. The molecule has 2 amide bonds. The number of pyridine rings is 1. The number of anilines is 1. The van der Waals surface area contributed by atoms with E-state index in [-0.39, 0.29) is 37.5 Å². The third-order valence-corrected chi connectivity index (χ3v) is 7.08. The minimum absolute atomic E-state index is 0.199. The first-order valence-corrected chi connectivity index (χ1v) is 13.0. The van der Waals surface area contributed by atoms with Crippen LogP contribution in [0.15, 0.2) is 60.8 Å². The number of carbonyl (C=O) groups excluding carboxylic acids is 2. The monoisotopic (exact) mass is 599 g/mol. The number of hydrogen-bond donors (Lipinski definition) is 2. The summed E-state index contributed by atoms with van der Waals surface area (Å²) in [5.41, 5.74) is -0.0522. The Morgan fingerprint density at radius 3 is 2.33 bits per heavy atom. The summed E-state index contributed by atoms with van der Waals surface area (Å²) in [6.45, 7) is 0.733. The largest absolute Gasteiger partial charge is 0.465 e. The van der Waals surface area contributed by atoms with E-state index in [1.807, 2.05) is 0 Å². The van der Waals surface area contributed by atoms with E-state index in [0.29, 0.717) is 36.3 Å². The molecular weight excluding hydrogens is 574 g/mol. The first-order valence-electron chi connectivity index (χ1n) is 13.0. The topological polar surface area (TPSA) is 117 Å². The van der Waals surface area contributed by atoms with Crippen LogP contribution in [0, 0.1) is 5.82 Å². The number of rotatable bonds is 7. The summed E-state index contributed by atoms with van der Waals surface area (Å²) >= 11 is 0. The average Bonchev–Trinajstić information content (AvgIpc) is 3.31. The van der Waals surface area contributed by atoms with Crippen molar-refractivity contribution in [3.8, 4) is 11.6 Å². The molecule has 0 bridgehead atoms. The molecule has 5 rings (SSSR count). The fourth-order valence-corrected chi connectivity index (χ4v) is 4.70. The molecule has 4 aromatic rings. The number of fused-ring (bicyclic) bond motifs is 1. The van der Waals surface area contributed by atoms with Gasteiger partial charge in [0.15, 0.2) is 5.78 Å². The van der Waals surface area contributed by atoms with Crippen LogP contribution in [0.4, 0.5) is 28.0 Å². The SMILES string of the molecule is Cn1c(C(=O)N2CCN(C(=O)O)CC2)cc2ccc(Oc3ccc(NCC(=O)c4ccc(C(F)(F)F)cc4F)cn3)cc21. The van der Waals surface area contributed by atoms with Gasteiger partial charge in [-0.1, -0.05) is 0 Å². The maximum atomic E-state index is 14.1. The Kier molecular flexibility index (Phi) is 7.93. The lowest BCUT2D eigenvalue weighted by Crippen LogP contribution is -2.50. The summed E-state index contributed by atoms with van der Waals surface area (Å²) in [7, 11) is 1.75. The van der Waals surface area contributed by atoms with Crippen molar-refractivity contribution in [2.24, 2.45) is 7.05 Å². The van der Waals surface area contributed by atoms with E-state index in [4.69, 9.17) is 9.84 Å². The first kappa shape index (κ1) is 29.4. The Labute approximate surface area is 242 Å². The number of ether oxygens (including phenoxy) is 1. The van der Waals surface area contributed by atoms with Gasteiger partial charge in [0.05, 0.1) is 35.1 Å². The molecule has 2 N–H and O–H groups in total. The van der Waals surface area contributed by atoms with Crippen LogP contribution in [0.2, 0.25) is 0 Å². The lowest BCUT2D eigenvalue weighted by Gasteiger charge is -2.33. The number of halogens is 4. The number of aryl methyl sites for hydroxylation is 1. The second-order valence-corrected chi connectivity index (χ2v) is 9.83. The van der Waals surface area contributed by atoms with E-state index < -0.39 is 35.0 Å². The number of amides is 2. The molecule has 1 aliphatic heterocycles. The van der Waals surface area contributed by atoms with E-state index in [9.17, 15) is 31.9 Å². The van der Waals surface area contributed by atoms with E-state index in [0.717, 1.165) is 17.0 Å². The number of benzene rings is 2. The van der Waals surface area contributed by atoms with E-state index in [2.05, 4.69) is 10.3 Å². The number of Topliss-reactive ketones (excluding diaryl/α,β-unsaturated/α-hetero) is 1. The van der Waals surface area contributed by atoms with Gasteiger partial charge in [0, 0.05) is 50.7 Å². The number of hydrogen-bond acceptors (Lipinski definition) is 6. The van der Waals surface area contributed by atoms with Crippen molar-refractivity contribution in [2.45, 2.75) is 6.18 Å². The minimum atomic E-state index is -4.72. The van der Waals surface area contributed by atoms with Crippen LogP contribution in [0.5, 0.6) is 11.6 Å². The normalized spacial score (nSPS) is 13.7. The number of alkyl halides is 3. The van der Waals surface area contributed by atoms with Crippen molar-refractivity contribution < 1.29 is 41.8 Å². The molecule has 10 nitrogen and oxygen atoms in total. The maximum Gasteiger partial charge on any atom is 0.416 e. The van der Waals surface area contributed by atoms with Crippen molar-refractivity contribution in [1.29, 1.82) is 0 Å². The van der Waals surface area contributed by atoms with E-state index >= 15 is 0 Å². The summed E-state index contributed by atoms with van der Waals surface area (Å²) in [5, 5.41) is 12.7. The fraction of sp³-hybridized carbons (Fsp3) is 0.241. The highest BCUT2D eigenvalue weighted by Gasteiger charge is 2.31. The van der Waals surface area contributed by atoms with Crippen molar-refractivity contribution >= 4 is 34.4 Å². The summed E-state index contributed by atoms with van der Waals surface area (Å²) in [4.78, 5) is 43.7. The van der Waals surface area contributed by atoms with Gasteiger partial charge in [-0.05, 0) is 42.5 Å². The summed E-state index contributed by atoms with van der Waals surface area (Å²) < 4.78 is 59.9. The first-order chi connectivity index (χ1) is 20.4. The fourth-order valence-electron chi connectivity index (χ4n) is 4.70. The van der Waals surface area contributed by atoms with Crippen LogP contribution in [-0.2, 0) is 13.2 Å². The third-order valence-electron chi connectivity index (χ3n) is 7.08. The van der Waals surface area contributed by atoms with E-state index in [1.165, 1.54) is 17.2 Å². The maximum absolute atomic E-state index is 14.1. The Morgan fingerprint density at radius 1 is 0.977 bits per heavy atom. The van der Waals surface area contributed by atoms with Gasteiger partial charge in [0.25, 0.3) is 5.91 Å². The number of nitrogens with one attached hydrogen (secondary N) is 1. The molecule has 0 atom stereocenters. The molecule has 0 aliphatic carbocycles. The lowest BCUT2D eigenvalue weighted by atomic mass is 10.1. The zero-order valence-electron chi connectivity index (χ0n) is 22.7. The van der Waals surface area contributed by atoms with Crippen LogP contribution >= 0.6 is 0 Å². The van der Waals surface area contributed by atoms with Crippen molar-refractivity contribution in [2.75, 3.05) is 38.0 Å². The number of aromatic nitrogens is 2. The van der Waals surface area contributed by atoms with Gasteiger partial charge >= 0.3 is 12.3 Å². The summed E-state index contributed by atoms with van der Waals surface area (Å²) in [6, 6.07) is 11.9. The Morgan fingerprint density at radius 2 is 1.70 bits per heavy atom. The number of nitrogens with zero attached hydrogens (tertiary/aromatic N) is 4. The highest BCUT2D eigenvalue weighted by molar-refractivity contribution is 6.00. The van der Waals surface area contributed by atoms with Gasteiger partial charge in [-0.25, -0.2) is 14.2 Å². The molecule has 14 heteroatoms. The molecule has 0 unspecified atom stereocenters. The molecule has 2 aromatic heterocycles. The summed E-state index contributed by atoms with van der Waals surface area (Å²) in [6.07, 6.45) is -4.34. The quantitative estimate of drug-likeness (QED) is 0.220. The molecule has 0 spiro atoms. The number of ketones is 1. The van der Waals surface area contributed by atoms with E-state index in [1.54, 1.807) is 46.8 Å².